The molecule has 3 rings (SSSR count). The van der Waals surface area contributed by atoms with Crippen LogP contribution in [0.15, 0.2) is 24.3 Å². The first-order valence-corrected chi connectivity index (χ1v) is 7.57. The van der Waals surface area contributed by atoms with E-state index in [-0.39, 0.29) is 12.5 Å². The van der Waals surface area contributed by atoms with Gasteiger partial charge in [0, 0.05) is 6.54 Å². The zero-order chi connectivity index (χ0) is 16.6. The molecule has 1 aliphatic carbocycles. The molecule has 1 heterocycles. The Labute approximate surface area is 133 Å². The molecule has 0 bridgehead atoms. The van der Waals surface area contributed by atoms with E-state index in [0.29, 0.717) is 18.0 Å². The molecule has 6 nitrogen and oxygen atoms in total. The molecule has 7 heteroatoms. The Kier molecular flexibility index (Phi) is 3.79. The Morgan fingerprint density at radius 1 is 1.35 bits per heavy atom. The van der Waals surface area contributed by atoms with Crippen molar-refractivity contribution < 1.29 is 18.8 Å². The standard InChI is InChI=1S/C16H18FN3O3/c1-16(11-4-6-12(17)7-5-11)14(22)20(15(23)19-16)9-13(21)18-8-10-2-3-10/h4-7,10H,2-3,8-9H2,1H3,(H,18,21)(H,19,23)/t16-/m1/s1. The predicted octanol–water partition coefficient (Wildman–Crippen LogP) is 1.12. The third-order valence-corrected chi connectivity index (χ3v) is 4.28. The van der Waals surface area contributed by atoms with Gasteiger partial charge >= 0.3 is 6.03 Å². The van der Waals surface area contributed by atoms with E-state index >= 15 is 0 Å². The van der Waals surface area contributed by atoms with Crippen LogP contribution < -0.4 is 10.6 Å². The van der Waals surface area contributed by atoms with Gasteiger partial charge in [0.15, 0.2) is 0 Å². The number of nitrogens with one attached hydrogen (secondary N) is 2. The molecule has 2 aliphatic rings. The molecule has 1 aliphatic heterocycles. The first kappa shape index (κ1) is 15.5. The zero-order valence-corrected chi connectivity index (χ0v) is 12.8. The van der Waals surface area contributed by atoms with E-state index in [1.165, 1.54) is 24.3 Å². The number of hydrogen-bond acceptors (Lipinski definition) is 3. The van der Waals surface area contributed by atoms with Gasteiger partial charge in [-0.05, 0) is 43.4 Å². The fourth-order valence-electron chi connectivity index (χ4n) is 2.60. The van der Waals surface area contributed by atoms with Crippen molar-refractivity contribution in [2.45, 2.75) is 25.3 Å². The number of imide groups is 1. The van der Waals surface area contributed by atoms with E-state index in [0.717, 1.165) is 17.7 Å². The normalized spacial score (nSPS) is 23.8. The summed E-state index contributed by atoms with van der Waals surface area (Å²) in [6, 6.07) is 4.73. The highest BCUT2D eigenvalue weighted by Crippen LogP contribution is 2.29. The average Bonchev–Trinajstić information content (AvgIpc) is 3.31. The van der Waals surface area contributed by atoms with Crippen LogP contribution in [0, 0.1) is 11.7 Å². The van der Waals surface area contributed by atoms with Crippen molar-refractivity contribution in [1.82, 2.24) is 15.5 Å². The van der Waals surface area contributed by atoms with Crippen LogP contribution in [0.2, 0.25) is 0 Å². The van der Waals surface area contributed by atoms with E-state index in [4.69, 9.17) is 0 Å². The van der Waals surface area contributed by atoms with Crippen LogP contribution in [0.4, 0.5) is 9.18 Å². The van der Waals surface area contributed by atoms with Gasteiger partial charge in [0.2, 0.25) is 5.91 Å². The summed E-state index contributed by atoms with van der Waals surface area (Å²) in [6.45, 7) is 1.81. The van der Waals surface area contributed by atoms with Crippen molar-refractivity contribution in [1.29, 1.82) is 0 Å². The lowest BCUT2D eigenvalue weighted by atomic mass is 9.92. The molecular weight excluding hydrogens is 301 g/mol. The molecule has 1 aromatic rings. The van der Waals surface area contributed by atoms with Crippen LogP contribution in [-0.2, 0) is 15.1 Å². The second-order valence-electron chi connectivity index (χ2n) is 6.20. The largest absolute Gasteiger partial charge is 0.354 e. The maximum absolute atomic E-state index is 13.0. The lowest BCUT2D eigenvalue weighted by Gasteiger charge is -2.22. The van der Waals surface area contributed by atoms with E-state index in [2.05, 4.69) is 10.6 Å². The number of amides is 4. The molecule has 2 N–H and O–H groups in total. The minimum absolute atomic E-state index is 0.311. The van der Waals surface area contributed by atoms with E-state index in [1.807, 2.05) is 0 Å². The highest BCUT2D eigenvalue weighted by molar-refractivity contribution is 6.09. The Morgan fingerprint density at radius 2 is 2.00 bits per heavy atom. The highest BCUT2D eigenvalue weighted by Gasteiger charge is 2.49. The summed E-state index contributed by atoms with van der Waals surface area (Å²) in [5.41, 5.74) is -0.820. The number of carbonyl (C=O) groups excluding carboxylic acids is 3. The van der Waals surface area contributed by atoms with Crippen LogP contribution in [-0.4, -0.2) is 35.8 Å². The summed E-state index contributed by atoms with van der Waals surface area (Å²) < 4.78 is 13.0. The molecule has 0 unspecified atom stereocenters. The number of rotatable bonds is 5. The number of urea groups is 1. The summed E-state index contributed by atoms with van der Waals surface area (Å²) in [5.74, 6) is -0.781. The van der Waals surface area contributed by atoms with Crippen molar-refractivity contribution >= 4 is 17.8 Å². The number of halogens is 1. The summed E-state index contributed by atoms with van der Waals surface area (Å²) in [6.07, 6.45) is 2.21. The minimum atomic E-state index is -1.29. The molecule has 122 valence electrons. The van der Waals surface area contributed by atoms with E-state index < -0.39 is 23.3 Å². The number of hydrogen-bond donors (Lipinski definition) is 2. The maximum atomic E-state index is 13.0. The summed E-state index contributed by atoms with van der Waals surface area (Å²) in [4.78, 5) is 37.4. The highest BCUT2D eigenvalue weighted by atomic mass is 19.1. The lowest BCUT2D eigenvalue weighted by Crippen LogP contribution is -2.43. The SMILES string of the molecule is C[C@]1(c2ccc(F)cc2)NC(=O)N(CC(=O)NCC2CC2)C1=O. The summed E-state index contributed by atoms with van der Waals surface area (Å²) in [7, 11) is 0. The predicted molar refractivity (Wildman–Crippen MR) is 79.7 cm³/mol. The van der Waals surface area contributed by atoms with Gasteiger partial charge in [0.1, 0.15) is 17.9 Å². The Hall–Kier alpha value is -2.44. The molecule has 0 spiro atoms. The van der Waals surface area contributed by atoms with Crippen LogP contribution in [0.5, 0.6) is 0 Å². The van der Waals surface area contributed by atoms with Gasteiger partial charge in [-0.1, -0.05) is 12.1 Å². The number of nitrogens with zero attached hydrogens (tertiary/aromatic N) is 1. The third kappa shape index (κ3) is 3.04. The van der Waals surface area contributed by atoms with Gasteiger partial charge in [0.25, 0.3) is 5.91 Å². The fraction of sp³-hybridized carbons (Fsp3) is 0.438. The second kappa shape index (κ2) is 5.64. The van der Waals surface area contributed by atoms with Crippen molar-refractivity contribution in [3.63, 3.8) is 0 Å². The first-order chi connectivity index (χ1) is 10.9. The molecule has 2 fully saturated rings. The smallest absolute Gasteiger partial charge is 0.325 e. The summed E-state index contributed by atoms with van der Waals surface area (Å²) in [5, 5.41) is 5.31. The number of benzene rings is 1. The molecule has 1 saturated heterocycles. The second-order valence-corrected chi connectivity index (χ2v) is 6.20. The minimum Gasteiger partial charge on any atom is -0.354 e. The Balaban J connectivity index is 1.70. The van der Waals surface area contributed by atoms with E-state index in [1.54, 1.807) is 6.92 Å². The molecule has 1 atom stereocenters. The topological polar surface area (TPSA) is 78.5 Å². The number of carbonyl (C=O) groups is 3. The van der Waals surface area contributed by atoms with Gasteiger partial charge in [-0.2, -0.15) is 0 Å². The monoisotopic (exact) mass is 319 g/mol. The van der Waals surface area contributed by atoms with Crippen LogP contribution >= 0.6 is 0 Å². The van der Waals surface area contributed by atoms with Crippen LogP contribution in [0.1, 0.15) is 25.3 Å². The van der Waals surface area contributed by atoms with Gasteiger partial charge in [-0.15, -0.1) is 0 Å². The van der Waals surface area contributed by atoms with Crippen LogP contribution in [0.25, 0.3) is 0 Å². The van der Waals surface area contributed by atoms with Crippen molar-refractivity contribution in [3.8, 4) is 0 Å². The fourth-order valence-corrected chi connectivity index (χ4v) is 2.60. The van der Waals surface area contributed by atoms with Crippen molar-refractivity contribution in [3.05, 3.63) is 35.6 Å². The maximum Gasteiger partial charge on any atom is 0.325 e. The molecule has 0 radical (unpaired) electrons. The zero-order valence-electron chi connectivity index (χ0n) is 12.8. The molecule has 0 aromatic heterocycles. The molecule has 1 saturated carbocycles. The van der Waals surface area contributed by atoms with E-state index in [9.17, 15) is 18.8 Å². The van der Waals surface area contributed by atoms with Crippen molar-refractivity contribution in [2.24, 2.45) is 5.92 Å². The van der Waals surface area contributed by atoms with Crippen molar-refractivity contribution in [2.75, 3.05) is 13.1 Å². The lowest BCUT2D eigenvalue weighted by molar-refractivity contribution is -0.134. The van der Waals surface area contributed by atoms with Gasteiger partial charge in [-0.3, -0.25) is 14.5 Å². The van der Waals surface area contributed by atoms with Gasteiger partial charge in [0.05, 0.1) is 0 Å². The molecule has 4 amide bonds. The van der Waals surface area contributed by atoms with Gasteiger partial charge in [-0.25, -0.2) is 9.18 Å². The quantitative estimate of drug-likeness (QED) is 0.798. The Bertz CT molecular complexity index is 657. The third-order valence-electron chi connectivity index (χ3n) is 4.28. The summed E-state index contributed by atoms with van der Waals surface area (Å²) >= 11 is 0. The molecule has 1 aromatic carbocycles. The molecule has 23 heavy (non-hydrogen) atoms. The first-order valence-electron chi connectivity index (χ1n) is 7.57. The van der Waals surface area contributed by atoms with Gasteiger partial charge < -0.3 is 10.6 Å². The Morgan fingerprint density at radius 3 is 2.61 bits per heavy atom. The molecular formula is C16H18FN3O3. The average molecular weight is 319 g/mol. The van der Waals surface area contributed by atoms with Crippen LogP contribution in [0.3, 0.4) is 0 Å².